The summed E-state index contributed by atoms with van der Waals surface area (Å²) in [5, 5.41) is 5.24. The smallest absolute Gasteiger partial charge is 0.337 e. The van der Waals surface area contributed by atoms with Gasteiger partial charge in [-0.2, -0.15) is 0 Å². The van der Waals surface area contributed by atoms with Crippen LogP contribution in [0.1, 0.15) is 40.5 Å². The van der Waals surface area contributed by atoms with Crippen molar-refractivity contribution in [1.29, 1.82) is 0 Å². The van der Waals surface area contributed by atoms with Crippen molar-refractivity contribution in [2.75, 3.05) is 26.8 Å². The molecule has 1 atom stereocenters. The van der Waals surface area contributed by atoms with Crippen molar-refractivity contribution in [2.45, 2.75) is 25.8 Å². The number of carbonyl (C=O) groups is 4. The fourth-order valence-electron chi connectivity index (χ4n) is 2.74. The van der Waals surface area contributed by atoms with Gasteiger partial charge in [-0.3, -0.25) is 19.7 Å². The maximum absolute atomic E-state index is 12.5. The number of amides is 2. The van der Waals surface area contributed by atoms with E-state index in [0.29, 0.717) is 19.5 Å². The van der Waals surface area contributed by atoms with E-state index in [4.69, 9.17) is 17.0 Å². The topological polar surface area (TPSA) is 114 Å². The van der Waals surface area contributed by atoms with Crippen molar-refractivity contribution in [3.8, 4) is 0 Å². The molecule has 1 aliphatic rings. The molecular weight excluding hydrogens is 398 g/mol. The molecule has 0 radical (unpaired) electrons. The molecule has 0 saturated carbocycles. The van der Waals surface area contributed by atoms with Gasteiger partial charge in [0.1, 0.15) is 6.04 Å². The normalized spacial score (nSPS) is 15.9. The van der Waals surface area contributed by atoms with Gasteiger partial charge in [0, 0.05) is 18.7 Å². The van der Waals surface area contributed by atoms with Crippen LogP contribution < -0.4 is 10.6 Å². The number of esters is 2. The Morgan fingerprint density at radius 1 is 1.31 bits per heavy atom. The van der Waals surface area contributed by atoms with Gasteiger partial charge in [-0.1, -0.05) is 13.0 Å². The second-order valence-electron chi connectivity index (χ2n) is 6.26. The van der Waals surface area contributed by atoms with E-state index in [2.05, 4.69) is 15.4 Å². The Labute approximate surface area is 173 Å². The third-order valence-electron chi connectivity index (χ3n) is 4.19. The van der Waals surface area contributed by atoms with Gasteiger partial charge in [0.25, 0.3) is 5.91 Å². The summed E-state index contributed by atoms with van der Waals surface area (Å²) >= 11 is 5.30. The number of benzene rings is 1. The molecule has 1 fully saturated rings. The molecule has 29 heavy (non-hydrogen) atoms. The Hall–Kier alpha value is -3.01. The van der Waals surface area contributed by atoms with Crippen LogP contribution in [0.2, 0.25) is 0 Å². The molecule has 1 aliphatic heterocycles. The summed E-state index contributed by atoms with van der Waals surface area (Å²) in [7, 11) is 1.25. The maximum Gasteiger partial charge on any atom is 0.337 e. The van der Waals surface area contributed by atoms with Crippen LogP contribution in [0.25, 0.3) is 0 Å². The van der Waals surface area contributed by atoms with E-state index in [-0.39, 0.29) is 35.2 Å². The zero-order chi connectivity index (χ0) is 21.4. The standard InChI is InChI=1S/C19H23N3O6S/c1-3-9-28-15(23)11-14-17(25)20-7-8-22(14)19(29)21-16(24)12-5-4-6-13(10-12)18(26)27-2/h4-6,10,14H,3,7-9,11H2,1-2H3,(H,20,25)(H,21,24,29). The number of rotatable bonds is 6. The molecule has 0 aromatic heterocycles. The zero-order valence-corrected chi connectivity index (χ0v) is 17.0. The second kappa shape index (κ2) is 10.5. The van der Waals surface area contributed by atoms with Gasteiger partial charge in [-0.15, -0.1) is 0 Å². The third-order valence-corrected chi connectivity index (χ3v) is 4.52. The van der Waals surface area contributed by atoms with Crippen molar-refractivity contribution in [2.24, 2.45) is 0 Å². The van der Waals surface area contributed by atoms with Gasteiger partial charge in [0.15, 0.2) is 5.11 Å². The van der Waals surface area contributed by atoms with E-state index in [1.54, 1.807) is 6.07 Å². The molecule has 1 aromatic carbocycles. The summed E-state index contributed by atoms with van der Waals surface area (Å²) in [4.78, 5) is 49.9. The van der Waals surface area contributed by atoms with Gasteiger partial charge in [0.05, 0.1) is 25.7 Å². The van der Waals surface area contributed by atoms with Gasteiger partial charge >= 0.3 is 11.9 Å². The summed E-state index contributed by atoms with van der Waals surface area (Å²) in [6.45, 7) is 2.80. The van der Waals surface area contributed by atoms with Gasteiger partial charge in [-0.05, 0) is 36.8 Å². The highest BCUT2D eigenvalue weighted by molar-refractivity contribution is 7.80. The summed E-state index contributed by atoms with van der Waals surface area (Å²) in [5.41, 5.74) is 0.426. The number of methoxy groups -OCH3 is 1. The minimum absolute atomic E-state index is 0.0154. The molecule has 0 bridgehead atoms. The molecule has 0 spiro atoms. The van der Waals surface area contributed by atoms with E-state index in [0.717, 1.165) is 0 Å². The first kappa shape index (κ1) is 22.3. The van der Waals surface area contributed by atoms with Crippen molar-refractivity contribution in [3.05, 3.63) is 35.4 Å². The number of hydrogen-bond donors (Lipinski definition) is 2. The fourth-order valence-corrected chi connectivity index (χ4v) is 3.05. The molecule has 2 rings (SSSR count). The number of piperazine rings is 1. The van der Waals surface area contributed by atoms with Crippen LogP contribution in [0.15, 0.2) is 24.3 Å². The summed E-state index contributed by atoms with van der Waals surface area (Å²) in [5.74, 6) is -1.99. The first-order chi connectivity index (χ1) is 13.9. The van der Waals surface area contributed by atoms with E-state index in [1.165, 1.54) is 30.2 Å². The lowest BCUT2D eigenvalue weighted by Crippen LogP contribution is -2.60. The first-order valence-electron chi connectivity index (χ1n) is 9.11. The molecule has 2 N–H and O–H groups in total. The van der Waals surface area contributed by atoms with Crippen molar-refractivity contribution in [3.63, 3.8) is 0 Å². The lowest BCUT2D eigenvalue weighted by molar-refractivity contribution is -0.147. The number of hydrogen-bond acceptors (Lipinski definition) is 7. The van der Waals surface area contributed by atoms with Crippen LogP contribution in [-0.2, 0) is 19.1 Å². The predicted octanol–water partition coefficient (Wildman–Crippen LogP) is 0.632. The number of nitrogens with zero attached hydrogens (tertiary/aromatic N) is 1. The van der Waals surface area contributed by atoms with Crippen LogP contribution in [0, 0.1) is 0 Å². The quantitative estimate of drug-likeness (QED) is 0.508. The fraction of sp³-hybridized carbons (Fsp3) is 0.421. The molecule has 9 nitrogen and oxygen atoms in total. The predicted molar refractivity (Wildman–Crippen MR) is 107 cm³/mol. The van der Waals surface area contributed by atoms with Gasteiger partial charge in [0.2, 0.25) is 5.91 Å². The molecule has 0 aliphatic carbocycles. The third kappa shape index (κ3) is 5.98. The lowest BCUT2D eigenvalue weighted by atomic mass is 10.1. The first-order valence-corrected chi connectivity index (χ1v) is 9.51. The number of carbonyl (C=O) groups excluding carboxylic acids is 4. The molecule has 1 aromatic rings. The molecule has 156 valence electrons. The SMILES string of the molecule is CCCOC(=O)CC1C(=O)NCCN1C(=S)NC(=O)c1cccc(C(=O)OC)c1. The van der Waals surface area contributed by atoms with E-state index in [9.17, 15) is 19.2 Å². The van der Waals surface area contributed by atoms with Crippen molar-refractivity contribution < 1.29 is 28.7 Å². The van der Waals surface area contributed by atoms with Crippen LogP contribution in [0.3, 0.4) is 0 Å². The van der Waals surface area contributed by atoms with Crippen LogP contribution in [0.4, 0.5) is 0 Å². The highest BCUT2D eigenvalue weighted by Gasteiger charge is 2.34. The molecule has 1 unspecified atom stereocenters. The average Bonchev–Trinajstić information content (AvgIpc) is 2.73. The van der Waals surface area contributed by atoms with Crippen molar-refractivity contribution in [1.82, 2.24) is 15.5 Å². The number of thiocarbonyl (C=S) groups is 1. The Morgan fingerprint density at radius 3 is 2.72 bits per heavy atom. The molecule has 1 heterocycles. The average molecular weight is 421 g/mol. The highest BCUT2D eigenvalue weighted by atomic mass is 32.1. The summed E-state index contributed by atoms with van der Waals surface area (Å²) in [6, 6.07) is 5.10. The van der Waals surface area contributed by atoms with Crippen molar-refractivity contribution >= 4 is 41.1 Å². The minimum Gasteiger partial charge on any atom is -0.466 e. The van der Waals surface area contributed by atoms with Crippen LogP contribution >= 0.6 is 12.2 Å². The lowest BCUT2D eigenvalue weighted by Gasteiger charge is -2.36. The summed E-state index contributed by atoms with van der Waals surface area (Å²) < 4.78 is 9.69. The van der Waals surface area contributed by atoms with E-state index >= 15 is 0 Å². The second-order valence-corrected chi connectivity index (χ2v) is 6.64. The zero-order valence-electron chi connectivity index (χ0n) is 16.2. The Morgan fingerprint density at radius 2 is 2.03 bits per heavy atom. The Kier molecular flexibility index (Phi) is 8.08. The largest absolute Gasteiger partial charge is 0.466 e. The van der Waals surface area contributed by atoms with Crippen LogP contribution in [-0.4, -0.2) is 66.6 Å². The monoisotopic (exact) mass is 421 g/mol. The Bertz CT molecular complexity index is 813. The molecular formula is C19H23N3O6S. The molecule has 10 heteroatoms. The number of ether oxygens (including phenoxy) is 2. The molecule has 1 saturated heterocycles. The van der Waals surface area contributed by atoms with Gasteiger partial charge in [-0.25, -0.2) is 4.79 Å². The van der Waals surface area contributed by atoms with E-state index < -0.39 is 23.9 Å². The molecule has 2 amide bonds. The van der Waals surface area contributed by atoms with Crippen LogP contribution in [0.5, 0.6) is 0 Å². The number of nitrogens with one attached hydrogen (secondary N) is 2. The highest BCUT2D eigenvalue weighted by Crippen LogP contribution is 2.12. The summed E-state index contributed by atoms with van der Waals surface area (Å²) in [6.07, 6.45) is 0.491. The van der Waals surface area contributed by atoms with E-state index in [1.807, 2.05) is 6.92 Å². The maximum atomic E-state index is 12.5. The van der Waals surface area contributed by atoms with Gasteiger partial charge < -0.3 is 19.7 Å². The minimum atomic E-state index is -0.873. The Balaban J connectivity index is 2.08.